The van der Waals surface area contributed by atoms with E-state index in [2.05, 4.69) is 68.0 Å². The van der Waals surface area contributed by atoms with Crippen LogP contribution in [0.1, 0.15) is 44.1 Å². The average Bonchev–Trinajstić information content (AvgIpc) is 3.61. The molecule has 1 aromatic heterocycles. The van der Waals surface area contributed by atoms with Crippen molar-refractivity contribution in [1.82, 2.24) is 14.5 Å². The minimum absolute atomic E-state index is 0.201. The van der Waals surface area contributed by atoms with Crippen molar-refractivity contribution in [2.75, 3.05) is 37.6 Å². The van der Waals surface area contributed by atoms with Crippen LogP contribution in [0.2, 0.25) is 5.02 Å². The van der Waals surface area contributed by atoms with Gasteiger partial charge in [0.1, 0.15) is 0 Å². The van der Waals surface area contributed by atoms with Gasteiger partial charge in [-0.3, -0.25) is 0 Å². The molecule has 0 radical (unpaired) electrons. The number of hydrogen-bond acceptors (Lipinski definition) is 3. The van der Waals surface area contributed by atoms with Crippen LogP contribution in [0.5, 0.6) is 0 Å². The van der Waals surface area contributed by atoms with Crippen molar-refractivity contribution < 1.29 is 0 Å². The van der Waals surface area contributed by atoms with Crippen molar-refractivity contribution in [1.29, 1.82) is 0 Å². The predicted molar refractivity (Wildman–Crippen MR) is 149 cm³/mol. The molecule has 3 heterocycles. The lowest BCUT2D eigenvalue weighted by Gasteiger charge is -2.50. The Morgan fingerprint density at radius 1 is 0.861 bits per heavy atom. The van der Waals surface area contributed by atoms with E-state index in [0.717, 1.165) is 36.5 Å². The minimum atomic E-state index is 0.201. The van der Waals surface area contributed by atoms with Gasteiger partial charge in [0.2, 0.25) is 0 Å². The van der Waals surface area contributed by atoms with Crippen molar-refractivity contribution in [3.63, 3.8) is 0 Å². The van der Waals surface area contributed by atoms with E-state index >= 15 is 0 Å². The highest BCUT2D eigenvalue weighted by atomic mass is 35.5. The number of rotatable bonds is 8. The van der Waals surface area contributed by atoms with Crippen LogP contribution in [0, 0.1) is 17.8 Å². The summed E-state index contributed by atoms with van der Waals surface area (Å²) in [7, 11) is 0. The molecule has 3 fully saturated rings. The maximum absolute atomic E-state index is 6.07. The van der Waals surface area contributed by atoms with Gasteiger partial charge in [0.15, 0.2) is 0 Å². The molecule has 2 aliphatic heterocycles. The molecule has 1 unspecified atom stereocenters. The minimum Gasteiger partial charge on any atom is -0.371 e. The highest BCUT2D eigenvalue weighted by molar-refractivity contribution is 6.30. The molecule has 0 bridgehead atoms. The average molecular weight is 503 g/mol. The predicted octanol–water partition coefficient (Wildman–Crippen LogP) is 6.51. The number of likely N-dealkylation sites (tertiary alicyclic amines) is 1. The van der Waals surface area contributed by atoms with E-state index in [1.807, 2.05) is 24.7 Å². The first kappa shape index (κ1) is 24.1. The first-order valence-electron chi connectivity index (χ1n) is 13.9. The summed E-state index contributed by atoms with van der Waals surface area (Å²) in [5.41, 5.74) is 3.06. The smallest absolute Gasteiger partial charge is 0.0946 e. The number of piperidine rings is 1. The maximum atomic E-state index is 6.07. The molecule has 2 saturated heterocycles. The zero-order valence-corrected chi connectivity index (χ0v) is 22.1. The van der Waals surface area contributed by atoms with E-state index in [4.69, 9.17) is 11.6 Å². The first-order valence-corrected chi connectivity index (χ1v) is 14.3. The first-order chi connectivity index (χ1) is 17.7. The van der Waals surface area contributed by atoms with Crippen LogP contribution in [0.15, 0.2) is 73.3 Å². The van der Waals surface area contributed by atoms with Gasteiger partial charge in [0.05, 0.1) is 6.33 Å². The summed E-state index contributed by atoms with van der Waals surface area (Å²) in [5.74, 6) is 2.25. The fraction of sp³-hybridized carbons (Fsp3) is 0.516. The Hall–Kier alpha value is -2.30. The SMILES string of the molecule is Clc1ccc(N2CC(CN3CCC(C(Cn4ccnc4)(c4ccccc4)C4CCCC4)CC3)C2)cc1. The number of halogens is 1. The van der Waals surface area contributed by atoms with Gasteiger partial charge in [-0.05, 0) is 80.4 Å². The van der Waals surface area contributed by atoms with Gasteiger partial charge < -0.3 is 14.4 Å². The Bertz CT molecular complexity index is 1080. The Kier molecular flexibility index (Phi) is 7.08. The third-order valence-electron chi connectivity index (χ3n) is 9.38. The van der Waals surface area contributed by atoms with Crippen LogP contribution in [0.4, 0.5) is 5.69 Å². The fourth-order valence-electron chi connectivity index (χ4n) is 7.57. The Morgan fingerprint density at radius 3 is 2.22 bits per heavy atom. The molecular formula is C31H39ClN4. The van der Waals surface area contributed by atoms with Crippen LogP contribution >= 0.6 is 11.6 Å². The number of anilines is 1. The van der Waals surface area contributed by atoms with Crippen molar-refractivity contribution in [2.45, 2.75) is 50.5 Å². The van der Waals surface area contributed by atoms with Gasteiger partial charge >= 0.3 is 0 Å². The molecule has 3 aromatic rings. The lowest BCUT2D eigenvalue weighted by atomic mass is 9.59. The highest BCUT2D eigenvalue weighted by Gasteiger charge is 2.48. The van der Waals surface area contributed by atoms with Crippen molar-refractivity contribution in [3.8, 4) is 0 Å². The summed E-state index contributed by atoms with van der Waals surface area (Å²) in [6, 6.07) is 19.8. The zero-order chi connectivity index (χ0) is 24.4. The fourth-order valence-corrected chi connectivity index (χ4v) is 7.70. The molecule has 1 atom stereocenters. The topological polar surface area (TPSA) is 24.3 Å². The van der Waals surface area contributed by atoms with Gasteiger partial charge in [0.25, 0.3) is 0 Å². The van der Waals surface area contributed by atoms with E-state index in [9.17, 15) is 0 Å². The lowest BCUT2D eigenvalue weighted by Crippen LogP contribution is -2.54. The Morgan fingerprint density at radius 2 is 1.56 bits per heavy atom. The second kappa shape index (κ2) is 10.6. The lowest BCUT2D eigenvalue weighted by molar-refractivity contribution is 0.0646. The van der Waals surface area contributed by atoms with E-state index in [1.165, 1.54) is 63.8 Å². The Labute approximate surface area is 221 Å². The van der Waals surface area contributed by atoms with Crippen LogP contribution in [0.3, 0.4) is 0 Å². The van der Waals surface area contributed by atoms with Gasteiger partial charge in [-0.25, -0.2) is 4.98 Å². The second-order valence-corrected chi connectivity index (χ2v) is 11.9. The van der Waals surface area contributed by atoms with Crippen LogP contribution in [0.25, 0.3) is 0 Å². The second-order valence-electron chi connectivity index (χ2n) is 11.4. The third-order valence-corrected chi connectivity index (χ3v) is 9.63. The number of nitrogens with zero attached hydrogens (tertiary/aromatic N) is 4. The van der Waals surface area contributed by atoms with Crippen LogP contribution in [-0.2, 0) is 12.0 Å². The molecule has 36 heavy (non-hydrogen) atoms. The summed E-state index contributed by atoms with van der Waals surface area (Å²) < 4.78 is 2.36. The maximum Gasteiger partial charge on any atom is 0.0946 e. The molecule has 1 aliphatic carbocycles. The van der Waals surface area contributed by atoms with Gasteiger partial charge in [-0.1, -0.05) is 54.8 Å². The van der Waals surface area contributed by atoms with Crippen molar-refractivity contribution in [3.05, 3.63) is 83.9 Å². The van der Waals surface area contributed by atoms with E-state index in [1.54, 1.807) is 5.56 Å². The highest BCUT2D eigenvalue weighted by Crippen LogP contribution is 2.51. The quantitative estimate of drug-likeness (QED) is 0.350. The summed E-state index contributed by atoms with van der Waals surface area (Å²) in [6.07, 6.45) is 14.2. The number of imidazole rings is 1. The summed E-state index contributed by atoms with van der Waals surface area (Å²) in [6.45, 7) is 7.09. The number of hydrogen-bond donors (Lipinski definition) is 0. The van der Waals surface area contributed by atoms with Gasteiger partial charge in [0, 0.05) is 60.6 Å². The molecule has 0 spiro atoms. The zero-order valence-electron chi connectivity index (χ0n) is 21.3. The summed E-state index contributed by atoms with van der Waals surface area (Å²) >= 11 is 6.07. The molecule has 2 aromatic carbocycles. The van der Waals surface area contributed by atoms with E-state index in [0.29, 0.717) is 5.92 Å². The number of benzene rings is 2. The molecule has 1 saturated carbocycles. The van der Waals surface area contributed by atoms with Gasteiger partial charge in [-0.2, -0.15) is 0 Å². The van der Waals surface area contributed by atoms with E-state index in [-0.39, 0.29) is 5.41 Å². The van der Waals surface area contributed by atoms with Crippen molar-refractivity contribution >= 4 is 17.3 Å². The summed E-state index contributed by atoms with van der Waals surface area (Å²) in [5, 5.41) is 0.816. The summed E-state index contributed by atoms with van der Waals surface area (Å²) in [4.78, 5) is 9.65. The van der Waals surface area contributed by atoms with Crippen LogP contribution in [-0.4, -0.2) is 47.2 Å². The largest absolute Gasteiger partial charge is 0.371 e. The van der Waals surface area contributed by atoms with Crippen LogP contribution < -0.4 is 4.90 Å². The van der Waals surface area contributed by atoms with Gasteiger partial charge in [-0.15, -0.1) is 0 Å². The molecule has 0 N–H and O–H groups in total. The third kappa shape index (κ3) is 4.82. The monoisotopic (exact) mass is 502 g/mol. The molecule has 190 valence electrons. The van der Waals surface area contributed by atoms with E-state index < -0.39 is 0 Å². The molecular weight excluding hydrogens is 464 g/mol. The molecule has 4 nitrogen and oxygen atoms in total. The molecule has 6 rings (SSSR count). The Balaban J connectivity index is 1.14. The number of aromatic nitrogens is 2. The normalized spacial score (nSPS) is 22.0. The molecule has 0 amide bonds. The molecule has 5 heteroatoms. The van der Waals surface area contributed by atoms with Crippen molar-refractivity contribution in [2.24, 2.45) is 17.8 Å². The molecule has 3 aliphatic rings. The standard InChI is InChI=1S/C31H39ClN4/c32-29-10-12-30(13-11-29)36-21-25(22-36)20-34-17-14-28(15-18-34)31(27-8-4-5-9-27,23-35-19-16-33-24-35)26-6-2-1-3-7-26/h1-3,6-7,10-13,16,19,24-25,27-28H,4-5,8-9,14-15,17-18,20-23H2.